The average molecular weight is 489 g/mol. The molecule has 5 rings (SSSR count). The Morgan fingerprint density at radius 3 is 2.53 bits per heavy atom. The van der Waals surface area contributed by atoms with Crippen LogP contribution in [0.3, 0.4) is 0 Å². The predicted molar refractivity (Wildman–Crippen MR) is 121 cm³/mol. The summed E-state index contributed by atoms with van der Waals surface area (Å²) in [5, 5.41) is 15.7. The predicted octanol–water partition coefficient (Wildman–Crippen LogP) is 3.58. The molecule has 2 N–H and O–H groups in total. The van der Waals surface area contributed by atoms with Crippen LogP contribution in [0.5, 0.6) is 0 Å². The Balaban J connectivity index is 1.48. The topological polar surface area (TPSA) is 99.2 Å². The number of nitrogens with zero attached hydrogens (tertiary/aromatic N) is 3. The highest BCUT2D eigenvalue weighted by atomic mass is 32.2. The summed E-state index contributed by atoms with van der Waals surface area (Å²) in [7, 11) is -3.78. The minimum Gasteiger partial charge on any atom is -0.393 e. The maximum Gasteiger partial charge on any atom is 0.221 e. The summed E-state index contributed by atoms with van der Waals surface area (Å²) in [6.07, 6.45) is 2.11. The van der Waals surface area contributed by atoms with Crippen LogP contribution in [0.15, 0.2) is 48.8 Å². The van der Waals surface area contributed by atoms with E-state index in [1.165, 1.54) is 10.6 Å². The van der Waals surface area contributed by atoms with Crippen molar-refractivity contribution in [2.75, 3.05) is 0 Å². The zero-order valence-corrected chi connectivity index (χ0v) is 19.5. The van der Waals surface area contributed by atoms with Gasteiger partial charge in [0.15, 0.2) is 0 Å². The second-order valence-corrected chi connectivity index (χ2v) is 11.4. The second kappa shape index (κ2) is 8.51. The Hall–Kier alpha value is -2.69. The molecule has 1 aliphatic heterocycles. The molecule has 2 fully saturated rings. The van der Waals surface area contributed by atoms with Crippen LogP contribution in [0.2, 0.25) is 0 Å². The van der Waals surface area contributed by atoms with E-state index in [2.05, 4.69) is 15.2 Å². The van der Waals surface area contributed by atoms with Crippen molar-refractivity contribution in [3.63, 3.8) is 0 Å². The lowest BCUT2D eigenvalue weighted by Crippen LogP contribution is -2.47. The number of aliphatic hydroxyl groups is 1. The van der Waals surface area contributed by atoms with E-state index in [0.29, 0.717) is 24.2 Å². The fraction of sp³-hybridized carbons (Fsp3) is 0.417. The van der Waals surface area contributed by atoms with Gasteiger partial charge >= 0.3 is 0 Å². The van der Waals surface area contributed by atoms with E-state index in [1.54, 1.807) is 31.2 Å². The highest BCUT2D eigenvalue weighted by Gasteiger charge is 2.50. The molecule has 0 bridgehead atoms. The van der Waals surface area contributed by atoms with Crippen LogP contribution in [-0.2, 0) is 22.0 Å². The van der Waals surface area contributed by atoms with Gasteiger partial charge < -0.3 is 5.11 Å². The maximum atomic E-state index is 15.4. The SMILES string of the molecule is C[C@H]1CC[C@H](c2ccccc2)S(=O)(=O)N1Cc1cc(F)c(C2(c3ncn[nH]3)CC(O)C2)cc1F. The summed E-state index contributed by atoms with van der Waals surface area (Å²) in [6, 6.07) is 10.8. The number of aromatic nitrogens is 3. The summed E-state index contributed by atoms with van der Waals surface area (Å²) in [5.41, 5.74) is -0.258. The van der Waals surface area contributed by atoms with E-state index in [9.17, 15) is 13.5 Å². The Morgan fingerprint density at radius 1 is 1.15 bits per heavy atom. The minimum absolute atomic E-state index is 0.0296. The lowest BCUT2D eigenvalue weighted by atomic mass is 9.62. The zero-order chi connectivity index (χ0) is 24.1. The quantitative estimate of drug-likeness (QED) is 0.572. The van der Waals surface area contributed by atoms with Crippen molar-refractivity contribution in [2.24, 2.45) is 0 Å². The van der Waals surface area contributed by atoms with Crippen molar-refractivity contribution in [1.82, 2.24) is 19.5 Å². The van der Waals surface area contributed by atoms with Crippen LogP contribution in [0.4, 0.5) is 8.78 Å². The van der Waals surface area contributed by atoms with E-state index >= 15 is 8.78 Å². The molecule has 10 heteroatoms. The molecule has 2 heterocycles. The number of rotatable bonds is 5. The van der Waals surface area contributed by atoms with Gasteiger partial charge in [-0.15, -0.1) is 0 Å². The monoisotopic (exact) mass is 488 g/mol. The van der Waals surface area contributed by atoms with Crippen molar-refractivity contribution in [3.05, 3.63) is 82.9 Å². The van der Waals surface area contributed by atoms with E-state index in [4.69, 9.17) is 0 Å². The van der Waals surface area contributed by atoms with E-state index in [0.717, 1.165) is 12.1 Å². The molecular formula is C24H26F2N4O3S. The number of benzene rings is 2. The van der Waals surface area contributed by atoms with Gasteiger partial charge in [0.2, 0.25) is 10.0 Å². The van der Waals surface area contributed by atoms with Crippen LogP contribution in [0.1, 0.15) is 60.4 Å². The maximum absolute atomic E-state index is 15.4. The zero-order valence-electron chi connectivity index (χ0n) is 18.7. The molecule has 3 aromatic rings. The number of H-pyrrole nitrogens is 1. The van der Waals surface area contributed by atoms with Gasteiger partial charge in [0.25, 0.3) is 0 Å². The molecule has 7 nitrogen and oxygen atoms in total. The van der Waals surface area contributed by atoms with E-state index in [1.807, 2.05) is 6.07 Å². The smallest absolute Gasteiger partial charge is 0.221 e. The van der Waals surface area contributed by atoms with E-state index in [-0.39, 0.29) is 36.6 Å². The molecule has 1 saturated heterocycles. The average Bonchev–Trinajstić information content (AvgIpc) is 3.32. The third-order valence-corrected chi connectivity index (χ3v) is 9.58. The third-order valence-electron chi connectivity index (χ3n) is 7.21. The second-order valence-electron chi connectivity index (χ2n) is 9.32. The summed E-state index contributed by atoms with van der Waals surface area (Å²) in [4.78, 5) is 4.12. The number of hydrogen-bond donors (Lipinski definition) is 2. The van der Waals surface area contributed by atoms with Crippen molar-refractivity contribution < 1.29 is 22.3 Å². The summed E-state index contributed by atoms with van der Waals surface area (Å²) in [5.74, 6) is -0.996. The van der Waals surface area contributed by atoms with Crippen LogP contribution >= 0.6 is 0 Å². The number of aromatic amines is 1. The standard InChI is InChI=1S/C24H26F2N4O3S/c1-15-7-8-22(16-5-3-2-4-6-16)34(32,33)30(15)13-17-9-21(26)19(10-20(17)25)24(11-18(31)12-24)23-27-14-28-29-23/h2-6,9-10,14-15,18,22,31H,7-8,11-13H2,1H3,(H,27,28,29)/t15-,18?,22+,24?/m0/s1. The molecule has 1 aromatic heterocycles. The molecule has 2 aliphatic rings. The first-order valence-electron chi connectivity index (χ1n) is 11.3. The van der Waals surface area contributed by atoms with Crippen molar-refractivity contribution in [3.8, 4) is 0 Å². The molecule has 0 unspecified atom stereocenters. The highest BCUT2D eigenvalue weighted by Crippen LogP contribution is 2.49. The van der Waals surface area contributed by atoms with Gasteiger partial charge in [-0.2, -0.15) is 9.40 Å². The lowest BCUT2D eigenvalue weighted by molar-refractivity contribution is 0.0320. The normalized spacial score (nSPS) is 29.0. The number of hydrogen-bond acceptors (Lipinski definition) is 5. The molecule has 0 radical (unpaired) electrons. The first kappa shape index (κ1) is 23.1. The summed E-state index contributed by atoms with van der Waals surface area (Å²) >= 11 is 0. The van der Waals surface area contributed by atoms with Gasteiger partial charge in [-0.3, -0.25) is 5.10 Å². The lowest BCUT2D eigenvalue weighted by Gasteiger charge is -2.44. The number of sulfonamides is 1. The Bertz CT molecular complexity index is 1280. The van der Waals surface area contributed by atoms with Crippen LogP contribution in [-0.4, -0.2) is 45.2 Å². The largest absolute Gasteiger partial charge is 0.393 e. The molecular weight excluding hydrogens is 462 g/mol. The molecule has 0 spiro atoms. The summed E-state index contributed by atoms with van der Waals surface area (Å²) < 4.78 is 58.9. The van der Waals surface area contributed by atoms with Crippen LogP contribution < -0.4 is 0 Å². The molecule has 1 aliphatic carbocycles. The fourth-order valence-corrected chi connectivity index (χ4v) is 7.51. The molecule has 180 valence electrons. The molecule has 2 atom stereocenters. The summed E-state index contributed by atoms with van der Waals surface area (Å²) in [6.45, 7) is 1.53. The van der Waals surface area contributed by atoms with Gasteiger partial charge in [0.1, 0.15) is 29.0 Å². The van der Waals surface area contributed by atoms with Gasteiger partial charge in [-0.05, 0) is 50.3 Å². The first-order valence-corrected chi connectivity index (χ1v) is 12.8. The molecule has 1 saturated carbocycles. The van der Waals surface area contributed by atoms with Crippen LogP contribution in [0.25, 0.3) is 0 Å². The number of nitrogens with one attached hydrogen (secondary N) is 1. The third kappa shape index (κ3) is 3.73. The molecule has 2 aromatic carbocycles. The van der Waals surface area contributed by atoms with Crippen LogP contribution in [0, 0.1) is 11.6 Å². The van der Waals surface area contributed by atoms with Crippen molar-refractivity contribution >= 4 is 10.0 Å². The molecule has 0 amide bonds. The van der Waals surface area contributed by atoms with Crippen molar-refractivity contribution in [2.45, 2.75) is 62.0 Å². The minimum atomic E-state index is -3.78. The van der Waals surface area contributed by atoms with Gasteiger partial charge in [-0.25, -0.2) is 22.2 Å². The van der Waals surface area contributed by atoms with Gasteiger partial charge in [-0.1, -0.05) is 30.3 Å². The first-order chi connectivity index (χ1) is 16.2. The van der Waals surface area contributed by atoms with Gasteiger partial charge in [0.05, 0.1) is 11.5 Å². The Labute approximate surface area is 196 Å². The highest BCUT2D eigenvalue weighted by molar-refractivity contribution is 7.89. The Morgan fingerprint density at radius 2 is 1.88 bits per heavy atom. The van der Waals surface area contributed by atoms with Gasteiger partial charge in [0, 0.05) is 23.7 Å². The van der Waals surface area contributed by atoms with E-state index < -0.39 is 38.4 Å². The number of aliphatic hydroxyl groups excluding tert-OH is 1. The van der Waals surface area contributed by atoms with Crippen molar-refractivity contribution in [1.29, 1.82) is 0 Å². The number of halogens is 2. The fourth-order valence-electron chi connectivity index (χ4n) is 5.32. The molecule has 34 heavy (non-hydrogen) atoms. The Kier molecular flexibility index (Phi) is 5.78.